The first-order valence-corrected chi connectivity index (χ1v) is 7.98. The van der Waals surface area contributed by atoms with Crippen molar-refractivity contribution in [3.05, 3.63) is 54.1 Å². The molecule has 2 aromatic rings. The summed E-state index contributed by atoms with van der Waals surface area (Å²) in [5, 5.41) is 3.67. The van der Waals surface area contributed by atoms with E-state index in [2.05, 4.69) is 72.8 Å². The number of rotatable bonds is 3. The molecule has 0 amide bonds. The number of fused-ring (bicyclic) bond motifs is 1. The summed E-state index contributed by atoms with van der Waals surface area (Å²) in [6.07, 6.45) is 1.18. The molecule has 2 nitrogen and oxygen atoms in total. The second-order valence-corrected chi connectivity index (χ2v) is 6.45. The molecule has 0 aliphatic carbocycles. The van der Waals surface area contributed by atoms with Crippen LogP contribution in [0.25, 0.3) is 0 Å². The largest absolute Gasteiger partial charge is 0.378 e. The second-order valence-electron chi connectivity index (χ2n) is 5.31. The van der Waals surface area contributed by atoms with Crippen molar-refractivity contribution in [1.82, 2.24) is 0 Å². The fraction of sp³-hybridized carbons (Fsp3) is 0.294. The molecule has 1 aliphatic rings. The van der Waals surface area contributed by atoms with Crippen molar-refractivity contribution in [2.24, 2.45) is 0 Å². The molecule has 1 aliphatic heterocycles. The average Bonchev–Trinajstić information content (AvgIpc) is 2.48. The molecule has 3 rings (SSSR count). The Labute approximate surface area is 125 Å². The summed E-state index contributed by atoms with van der Waals surface area (Å²) in [5.41, 5.74) is 3.86. The molecular weight excluding hydrogens is 264 g/mol. The number of benzene rings is 2. The van der Waals surface area contributed by atoms with Crippen LogP contribution in [0.2, 0.25) is 0 Å². The highest BCUT2D eigenvalue weighted by Crippen LogP contribution is 2.37. The molecule has 0 aromatic heterocycles. The highest BCUT2D eigenvalue weighted by Gasteiger charge is 2.19. The normalized spacial score (nSPS) is 17.4. The van der Waals surface area contributed by atoms with Crippen LogP contribution in [0.15, 0.2) is 53.4 Å². The smallest absolute Gasteiger partial charge is 0.0532 e. The number of hydrogen-bond donors (Lipinski definition) is 1. The topological polar surface area (TPSA) is 15.3 Å². The van der Waals surface area contributed by atoms with Crippen molar-refractivity contribution in [2.45, 2.75) is 17.4 Å². The third-order valence-electron chi connectivity index (χ3n) is 3.68. The molecule has 1 atom stereocenters. The molecule has 20 heavy (non-hydrogen) atoms. The van der Waals surface area contributed by atoms with Gasteiger partial charge in [-0.2, -0.15) is 0 Å². The first-order chi connectivity index (χ1) is 9.74. The number of nitrogens with zero attached hydrogens (tertiary/aromatic N) is 1. The molecule has 1 N–H and O–H groups in total. The van der Waals surface area contributed by atoms with Crippen LogP contribution in [-0.4, -0.2) is 19.8 Å². The molecule has 0 fully saturated rings. The van der Waals surface area contributed by atoms with E-state index in [0.29, 0.717) is 6.04 Å². The van der Waals surface area contributed by atoms with Crippen molar-refractivity contribution in [3.63, 3.8) is 0 Å². The van der Waals surface area contributed by atoms with E-state index in [0.717, 1.165) is 0 Å². The predicted octanol–water partition coefficient (Wildman–Crippen LogP) is 4.40. The lowest BCUT2D eigenvalue weighted by Crippen LogP contribution is -2.16. The Morgan fingerprint density at radius 2 is 1.80 bits per heavy atom. The minimum atomic E-state index is 0.428. The van der Waals surface area contributed by atoms with Gasteiger partial charge in [0.15, 0.2) is 0 Å². The predicted molar refractivity (Wildman–Crippen MR) is 88.9 cm³/mol. The molecule has 0 saturated heterocycles. The van der Waals surface area contributed by atoms with E-state index in [1.807, 2.05) is 11.8 Å². The van der Waals surface area contributed by atoms with Crippen LogP contribution in [0.1, 0.15) is 18.0 Å². The van der Waals surface area contributed by atoms with Crippen LogP contribution >= 0.6 is 11.8 Å². The number of thioether (sulfide) groups is 1. The highest BCUT2D eigenvalue weighted by molar-refractivity contribution is 7.99. The van der Waals surface area contributed by atoms with Gasteiger partial charge in [0.05, 0.1) is 6.04 Å². The van der Waals surface area contributed by atoms with E-state index in [9.17, 15) is 0 Å². The van der Waals surface area contributed by atoms with Gasteiger partial charge in [-0.3, -0.25) is 0 Å². The summed E-state index contributed by atoms with van der Waals surface area (Å²) < 4.78 is 0. The Bertz CT molecular complexity index is 578. The van der Waals surface area contributed by atoms with Gasteiger partial charge in [-0.15, -0.1) is 11.8 Å². The number of nitrogens with one attached hydrogen (secondary N) is 1. The van der Waals surface area contributed by atoms with Gasteiger partial charge < -0.3 is 10.2 Å². The standard InChI is InChI=1S/C17H20N2S/c1-19(2)14-9-7-13(8-10-14)18-16-11-12-20-17-6-4-3-5-15(16)17/h3-10,16,18H,11-12H2,1-2H3. The molecule has 0 radical (unpaired) electrons. The maximum absolute atomic E-state index is 3.67. The van der Waals surface area contributed by atoms with Crippen LogP contribution in [-0.2, 0) is 0 Å². The molecule has 1 unspecified atom stereocenters. The SMILES string of the molecule is CN(C)c1ccc(NC2CCSc3ccccc32)cc1. The molecule has 104 valence electrons. The summed E-state index contributed by atoms with van der Waals surface area (Å²) in [4.78, 5) is 3.54. The zero-order valence-corrected chi connectivity index (χ0v) is 12.8. The third-order valence-corrected chi connectivity index (χ3v) is 4.81. The van der Waals surface area contributed by atoms with Crippen molar-refractivity contribution >= 4 is 23.1 Å². The minimum Gasteiger partial charge on any atom is -0.378 e. The monoisotopic (exact) mass is 284 g/mol. The summed E-state index contributed by atoms with van der Waals surface area (Å²) in [6, 6.07) is 17.8. The molecule has 0 bridgehead atoms. The van der Waals surface area contributed by atoms with E-state index in [1.54, 1.807) is 0 Å². The van der Waals surface area contributed by atoms with E-state index >= 15 is 0 Å². The third kappa shape index (κ3) is 2.78. The number of anilines is 2. The van der Waals surface area contributed by atoms with Gasteiger partial charge in [0.25, 0.3) is 0 Å². The van der Waals surface area contributed by atoms with Crippen LogP contribution in [0.4, 0.5) is 11.4 Å². The summed E-state index contributed by atoms with van der Waals surface area (Å²) in [6.45, 7) is 0. The Kier molecular flexibility index (Phi) is 3.88. The molecule has 3 heteroatoms. The molecular formula is C17H20N2S. The zero-order valence-electron chi connectivity index (χ0n) is 12.0. The van der Waals surface area contributed by atoms with Gasteiger partial charge in [-0.05, 0) is 42.3 Å². The van der Waals surface area contributed by atoms with Crippen molar-refractivity contribution in [3.8, 4) is 0 Å². The maximum Gasteiger partial charge on any atom is 0.0532 e. The van der Waals surface area contributed by atoms with Crippen molar-refractivity contribution in [1.29, 1.82) is 0 Å². The Hall–Kier alpha value is -1.61. The Morgan fingerprint density at radius 3 is 2.55 bits per heavy atom. The maximum atomic E-state index is 3.67. The van der Waals surface area contributed by atoms with Crippen LogP contribution < -0.4 is 10.2 Å². The van der Waals surface area contributed by atoms with Gasteiger partial charge >= 0.3 is 0 Å². The van der Waals surface area contributed by atoms with Gasteiger partial charge in [0.2, 0.25) is 0 Å². The van der Waals surface area contributed by atoms with Crippen molar-refractivity contribution in [2.75, 3.05) is 30.1 Å². The summed E-state index contributed by atoms with van der Waals surface area (Å²) >= 11 is 1.96. The summed E-state index contributed by atoms with van der Waals surface area (Å²) in [5.74, 6) is 1.18. The fourth-order valence-corrected chi connectivity index (χ4v) is 3.67. The van der Waals surface area contributed by atoms with Crippen molar-refractivity contribution < 1.29 is 0 Å². The molecule has 0 saturated carbocycles. The Balaban J connectivity index is 1.78. The van der Waals surface area contributed by atoms with Gasteiger partial charge in [0, 0.05) is 36.1 Å². The van der Waals surface area contributed by atoms with Crippen LogP contribution in [0.5, 0.6) is 0 Å². The van der Waals surface area contributed by atoms with Crippen LogP contribution in [0, 0.1) is 0 Å². The second kappa shape index (κ2) is 5.80. The Morgan fingerprint density at radius 1 is 1.05 bits per heavy atom. The van der Waals surface area contributed by atoms with Crippen LogP contribution in [0.3, 0.4) is 0 Å². The lowest BCUT2D eigenvalue weighted by Gasteiger charge is -2.27. The average molecular weight is 284 g/mol. The lowest BCUT2D eigenvalue weighted by molar-refractivity contribution is 0.728. The molecule has 1 heterocycles. The first kappa shape index (κ1) is 13.4. The van der Waals surface area contributed by atoms with E-state index < -0.39 is 0 Å². The van der Waals surface area contributed by atoms with E-state index in [4.69, 9.17) is 0 Å². The first-order valence-electron chi connectivity index (χ1n) is 7.00. The van der Waals surface area contributed by atoms with E-state index in [-0.39, 0.29) is 0 Å². The van der Waals surface area contributed by atoms with Gasteiger partial charge in [0.1, 0.15) is 0 Å². The summed E-state index contributed by atoms with van der Waals surface area (Å²) in [7, 11) is 4.13. The lowest BCUT2D eigenvalue weighted by atomic mass is 10.0. The highest BCUT2D eigenvalue weighted by atomic mass is 32.2. The van der Waals surface area contributed by atoms with Gasteiger partial charge in [-0.1, -0.05) is 18.2 Å². The minimum absolute atomic E-state index is 0.428. The fourth-order valence-electron chi connectivity index (χ4n) is 2.55. The zero-order chi connectivity index (χ0) is 13.9. The van der Waals surface area contributed by atoms with Gasteiger partial charge in [-0.25, -0.2) is 0 Å². The number of hydrogen-bond acceptors (Lipinski definition) is 3. The molecule has 0 spiro atoms. The van der Waals surface area contributed by atoms with E-state index in [1.165, 1.54) is 34.0 Å². The molecule has 2 aromatic carbocycles. The quantitative estimate of drug-likeness (QED) is 0.899.